The first-order chi connectivity index (χ1) is 9.79. The van der Waals surface area contributed by atoms with Gasteiger partial charge in [-0.15, -0.1) is 0 Å². The fourth-order valence-corrected chi connectivity index (χ4v) is 4.85. The van der Waals surface area contributed by atoms with E-state index in [1.165, 1.54) is 64.6 Å². The van der Waals surface area contributed by atoms with Crippen molar-refractivity contribution in [1.82, 2.24) is 15.1 Å². The van der Waals surface area contributed by atoms with Crippen molar-refractivity contribution < 1.29 is 0 Å². The van der Waals surface area contributed by atoms with Gasteiger partial charge in [0.1, 0.15) is 0 Å². The average molecular weight is 279 g/mol. The van der Waals surface area contributed by atoms with Crippen LogP contribution in [-0.2, 0) is 0 Å². The highest BCUT2D eigenvalue weighted by atomic mass is 15.3. The van der Waals surface area contributed by atoms with Crippen molar-refractivity contribution in [2.45, 2.75) is 83.0 Å². The molecule has 4 unspecified atom stereocenters. The molecular weight excluding hydrogens is 246 g/mol. The molecule has 2 saturated heterocycles. The number of hydrogen-bond donors (Lipinski definition) is 1. The van der Waals surface area contributed by atoms with Crippen LogP contribution in [0.15, 0.2) is 0 Å². The van der Waals surface area contributed by atoms with Gasteiger partial charge in [-0.25, -0.2) is 0 Å². The monoisotopic (exact) mass is 279 g/mol. The number of fused-ring (bicyclic) bond motifs is 1. The Bertz CT molecular complexity index is 305. The Labute approximate surface area is 125 Å². The maximum Gasteiger partial charge on any atom is 0.0253 e. The first-order valence-electron chi connectivity index (χ1n) is 9.02. The van der Waals surface area contributed by atoms with Crippen LogP contribution in [0.25, 0.3) is 0 Å². The van der Waals surface area contributed by atoms with E-state index in [4.69, 9.17) is 0 Å². The quantitative estimate of drug-likeness (QED) is 0.856. The first-order valence-corrected chi connectivity index (χ1v) is 9.02. The van der Waals surface area contributed by atoms with E-state index in [-0.39, 0.29) is 0 Å². The molecule has 0 aromatic heterocycles. The highest BCUT2D eigenvalue weighted by Gasteiger charge is 2.39. The summed E-state index contributed by atoms with van der Waals surface area (Å²) >= 11 is 0. The highest BCUT2D eigenvalue weighted by Crippen LogP contribution is 2.30. The van der Waals surface area contributed by atoms with Gasteiger partial charge in [0, 0.05) is 37.3 Å². The SMILES string of the molecule is CCNC1CCCCC1N1CC2CCCCN2CC1C. The largest absolute Gasteiger partial charge is 0.313 e. The van der Waals surface area contributed by atoms with Gasteiger partial charge in [-0.3, -0.25) is 9.80 Å². The van der Waals surface area contributed by atoms with E-state index in [9.17, 15) is 0 Å². The molecule has 0 aromatic rings. The molecule has 116 valence electrons. The number of nitrogens with zero attached hydrogens (tertiary/aromatic N) is 2. The van der Waals surface area contributed by atoms with E-state index >= 15 is 0 Å². The van der Waals surface area contributed by atoms with Gasteiger partial charge in [0.25, 0.3) is 0 Å². The Morgan fingerprint density at radius 3 is 2.65 bits per heavy atom. The predicted molar refractivity (Wildman–Crippen MR) is 85.1 cm³/mol. The Balaban J connectivity index is 1.67. The third-order valence-corrected chi connectivity index (χ3v) is 5.86. The Kier molecular flexibility index (Phi) is 5.00. The Morgan fingerprint density at radius 2 is 1.80 bits per heavy atom. The zero-order chi connectivity index (χ0) is 13.9. The third kappa shape index (κ3) is 3.05. The van der Waals surface area contributed by atoms with E-state index in [0.717, 1.165) is 30.7 Å². The molecule has 1 aliphatic carbocycles. The molecule has 0 bridgehead atoms. The predicted octanol–water partition coefficient (Wildman–Crippen LogP) is 2.47. The molecule has 1 N–H and O–H groups in total. The number of piperidine rings is 1. The van der Waals surface area contributed by atoms with Crippen LogP contribution >= 0.6 is 0 Å². The lowest BCUT2D eigenvalue weighted by Crippen LogP contribution is -2.64. The molecule has 0 radical (unpaired) electrons. The molecule has 0 amide bonds. The molecule has 3 nitrogen and oxygen atoms in total. The van der Waals surface area contributed by atoms with E-state index in [2.05, 4.69) is 29.0 Å². The molecule has 3 fully saturated rings. The Morgan fingerprint density at radius 1 is 1.00 bits per heavy atom. The normalized spacial score (nSPS) is 40.5. The molecule has 2 heterocycles. The first kappa shape index (κ1) is 14.8. The summed E-state index contributed by atoms with van der Waals surface area (Å²) in [6.07, 6.45) is 9.96. The van der Waals surface area contributed by atoms with Gasteiger partial charge in [-0.2, -0.15) is 0 Å². The van der Waals surface area contributed by atoms with Crippen molar-refractivity contribution in [2.24, 2.45) is 0 Å². The second-order valence-corrected chi connectivity index (χ2v) is 7.21. The van der Waals surface area contributed by atoms with Crippen molar-refractivity contribution in [3.05, 3.63) is 0 Å². The highest BCUT2D eigenvalue weighted by molar-refractivity contribution is 4.96. The van der Waals surface area contributed by atoms with Gasteiger partial charge in [0.2, 0.25) is 0 Å². The van der Waals surface area contributed by atoms with Crippen LogP contribution in [0.1, 0.15) is 58.8 Å². The number of rotatable bonds is 3. The van der Waals surface area contributed by atoms with Gasteiger partial charge in [0.05, 0.1) is 0 Å². The molecule has 0 spiro atoms. The molecule has 4 atom stereocenters. The van der Waals surface area contributed by atoms with Gasteiger partial charge in [-0.05, 0) is 45.7 Å². The van der Waals surface area contributed by atoms with Crippen LogP contribution in [-0.4, -0.2) is 60.1 Å². The van der Waals surface area contributed by atoms with Gasteiger partial charge in [0.15, 0.2) is 0 Å². The second-order valence-electron chi connectivity index (χ2n) is 7.21. The van der Waals surface area contributed by atoms with Crippen molar-refractivity contribution in [2.75, 3.05) is 26.2 Å². The summed E-state index contributed by atoms with van der Waals surface area (Å²) < 4.78 is 0. The Hall–Kier alpha value is -0.120. The summed E-state index contributed by atoms with van der Waals surface area (Å²) in [4.78, 5) is 5.65. The minimum atomic E-state index is 0.742. The summed E-state index contributed by atoms with van der Waals surface area (Å²) in [5, 5.41) is 3.77. The van der Waals surface area contributed by atoms with E-state index in [1.807, 2.05) is 0 Å². The molecular formula is C17H33N3. The van der Waals surface area contributed by atoms with Gasteiger partial charge >= 0.3 is 0 Å². The van der Waals surface area contributed by atoms with Crippen molar-refractivity contribution in [3.8, 4) is 0 Å². The molecule has 20 heavy (non-hydrogen) atoms. The zero-order valence-corrected chi connectivity index (χ0v) is 13.5. The number of piperazine rings is 1. The minimum absolute atomic E-state index is 0.742. The van der Waals surface area contributed by atoms with Crippen molar-refractivity contribution in [1.29, 1.82) is 0 Å². The van der Waals surface area contributed by atoms with Crippen LogP contribution in [0, 0.1) is 0 Å². The van der Waals surface area contributed by atoms with Crippen LogP contribution in [0.2, 0.25) is 0 Å². The van der Waals surface area contributed by atoms with Crippen molar-refractivity contribution in [3.63, 3.8) is 0 Å². The van der Waals surface area contributed by atoms with E-state index in [1.54, 1.807) is 0 Å². The summed E-state index contributed by atoms with van der Waals surface area (Å²) in [6, 6.07) is 3.13. The van der Waals surface area contributed by atoms with Crippen LogP contribution in [0.4, 0.5) is 0 Å². The smallest absolute Gasteiger partial charge is 0.0253 e. The number of hydrogen-bond acceptors (Lipinski definition) is 3. The summed E-state index contributed by atoms with van der Waals surface area (Å²) in [5.41, 5.74) is 0. The van der Waals surface area contributed by atoms with E-state index < -0.39 is 0 Å². The van der Waals surface area contributed by atoms with Crippen LogP contribution in [0.3, 0.4) is 0 Å². The van der Waals surface area contributed by atoms with Crippen LogP contribution in [0.5, 0.6) is 0 Å². The molecule has 3 rings (SSSR count). The lowest BCUT2D eigenvalue weighted by atomic mass is 9.86. The lowest BCUT2D eigenvalue weighted by Gasteiger charge is -2.52. The van der Waals surface area contributed by atoms with E-state index in [0.29, 0.717) is 0 Å². The maximum absolute atomic E-state index is 3.77. The summed E-state index contributed by atoms with van der Waals surface area (Å²) in [5.74, 6) is 0. The van der Waals surface area contributed by atoms with Crippen molar-refractivity contribution >= 4 is 0 Å². The second kappa shape index (κ2) is 6.76. The molecule has 3 heteroatoms. The topological polar surface area (TPSA) is 18.5 Å². The molecule has 0 aromatic carbocycles. The zero-order valence-electron chi connectivity index (χ0n) is 13.5. The maximum atomic E-state index is 3.77. The average Bonchev–Trinajstić information content (AvgIpc) is 2.48. The van der Waals surface area contributed by atoms with Gasteiger partial charge in [-0.1, -0.05) is 26.2 Å². The fourth-order valence-electron chi connectivity index (χ4n) is 4.85. The molecule has 3 aliphatic rings. The summed E-state index contributed by atoms with van der Waals surface area (Å²) in [6.45, 7) is 9.83. The fraction of sp³-hybridized carbons (Fsp3) is 1.00. The summed E-state index contributed by atoms with van der Waals surface area (Å²) in [7, 11) is 0. The number of nitrogens with one attached hydrogen (secondary N) is 1. The lowest BCUT2D eigenvalue weighted by molar-refractivity contribution is -0.0242. The molecule has 1 saturated carbocycles. The standard InChI is InChI=1S/C17H33N3/c1-3-18-16-9-4-5-10-17(16)20-13-15-8-6-7-11-19(15)12-14(20)2/h14-18H,3-13H2,1-2H3. The minimum Gasteiger partial charge on any atom is -0.313 e. The molecule has 2 aliphatic heterocycles. The third-order valence-electron chi connectivity index (χ3n) is 5.86. The number of likely N-dealkylation sites (N-methyl/N-ethyl adjacent to an activating group) is 1. The van der Waals surface area contributed by atoms with Crippen LogP contribution < -0.4 is 5.32 Å². The van der Waals surface area contributed by atoms with Gasteiger partial charge < -0.3 is 5.32 Å².